The fourth-order valence-electron chi connectivity index (χ4n) is 3.41. The third-order valence-electron chi connectivity index (χ3n) is 4.85. The Kier molecular flexibility index (Phi) is 2.82. The normalized spacial score (nSPS) is 28.7. The van der Waals surface area contributed by atoms with Gasteiger partial charge in [0.15, 0.2) is 0 Å². The summed E-state index contributed by atoms with van der Waals surface area (Å²) in [6.45, 7) is 0.468. The van der Waals surface area contributed by atoms with Gasteiger partial charge in [-0.3, -0.25) is 14.4 Å². The van der Waals surface area contributed by atoms with E-state index in [1.54, 1.807) is 10.9 Å². The molecule has 0 N–H and O–H groups in total. The van der Waals surface area contributed by atoms with Gasteiger partial charge in [0.05, 0.1) is 18.8 Å². The first-order chi connectivity index (χ1) is 10.0. The third kappa shape index (κ3) is 2.14. The van der Waals surface area contributed by atoms with Gasteiger partial charge in [-0.15, -0.1) is 0 Å². The molecule has 21 heavy (non-hydrogen) atoms. The molecule has 1 saturated carbocycles. The van der Waals surface area contributed by atoms with Gasteiger partial charge in [-0.1, -0.05) is 6.42 Å². The molecule has 0 unspecified atom stereocenters. The smallest absolute Gasteiger partial charge is 0.282 e. The maximum absolute atomic E-state index is 13.0. The molecule has 1 saturated heterocycles. The summed E-state index contributed by atoms with van der Waals surface area (Å²) in [5.74, 6) is -2.94. The number of hydrogen-bond donors (Lipinski definition) is 0. The summed E-state index contributed by atoms with van der Waals surface area (Å²) < 4.78 is 27.7. The first kappa shape index (κ1) is 13.2. The highest BCUT2D eigenvalue weighted by molar-refractivity contribution is 5.82. The average Bonchev–Trinajstić information content (AvgIpc) is 2.80. The van der Waals surface area contributed by atoms with Gasteiger partial charge in [0, 0.05) is 25.3 Å². The lowest BCUT2D eigenvalue weighted by atomic mass is 9.90. The van der Waals surface area contributed by atoms with Crippen LogP contribution in [-0.2, 0) is 11.3 Å². The highest BCUT2D eigenvalue weighted by Gasteiger charge is 2.49. The molecular weight excluding hydrogens is 278 g/mol. The van der Waals surface area contributed by atoms with Crippen molar-refractivity contribution in [1.29, 1.82) is 0 Å². The van der Waals surface area contributed by atoms with Gasteiger partial charge < -0.3 is 4.90 Å². The van der Waals surface area contributed by atoms with Gasteiger partial charge in [0.2, 0.25) is 5.91 Å². The van der Waals surface area contributed by atoms with E-state index in [1.807, 2.05) is 6.07 Å². The van der Waals surface area contributed by atoms with E-state index in [0.29, 0.717) is 12.6 Å². The number of carbonyl (C=O) groups excluding carboxylic acids is 1. The van der Waals surface area contributed by atoms with E-state index in [0.717, 1.165) is 25.1 Å². The summed E-state index contributed by atoms with van der Waals surface area (Å²) in [5.41, 5.74) is 0.999. The van der Waals surface area contributed by atoms with Crippen LogP contribution in [-0.4, -0.2) is 57.1 Å². The molecular formula is C14H18F2N4O. The Morgan fingerprint density at radius 2 is 2.10 bits per heavy atom. The second-order valence-electron chi connectivity index (χ2n) is 6.35. The topological polar surface area (TPSA) is 41.4 Å². The summed E-state index contributed by atoms with van der Waals surface area (Å²) in [6, 6.07) is 1.98. The monoisotopic (exact) mass is 296 g/mol. The number of halogens is 2. The number of nitrogens with zero attached hydrogens (tertiary/aromatic N) is 4. The predicted octanol–water partition coefficient (Wildman–Crippen LogP) is 1.27. The van der Waals surface area contributed by atoms with Crippen LogP contribution in [0, 0.1) is 0 Å². The molecule has 0 spiro atoms. The summed E-state index contributed by atoms with van der Waals surface area (Å²) in [7, 11) is 0. The standard InChI is InChI=1S/C14H18F2N4O/c15-14(16)8-19(9-14)13(21)12-7-18(10-2-1-3-10)6-11-4-5-17-20(11)12/h4-5,10,12H,1-3,6-9H2/t12-/m1/s1. The van der Waals surface area contributed by atoms with E-state index in [2.05, 4.69) is 10.00 Å². The van der Waals surface area contributed by atoms with E-state index < -0.39 is 25.1 Å². The maximum atomic E-state index is 13.0. The SMILES string of the molecule is O=C([C@H]1CN(C2CCC2)Cc2ccnn21)N1CC(F)(F)C1. The van der Waals surface area contributed by atoms with Crippen molar-refractivity contribution < 1.29 is 13.6 Å². The number of fused-ring (bicyclic) bond motifs is 1. The Bertz CT molecular complexity index is 561. The quantitative estimate of drug-likeness (QED) is 0.825. The molecule has 4 rings (SSSR count). The minimum absolute atomic E-state index is 0.227. The zero-order chi connectivity index (χ0) is 14.6. The molecule has 0 aromatic carbocycles. The molecule has 0 bridgehead atoms. The van der Waals surface area contributed by atoms with Gasteiger partial charge in [-0.05, 0) is 18.9 Å². The molecule has 1 aliphatic carbocycles. The first-order valence-corrected chi connectivity index (χ1v) is 7.46. The Morgan fingerprint density at radius 3 is 2.71 bits per heavy atom. The lowest BCUT2D eigenvalue weighted by molar-refractivity contribution is -0.170. The van der Waals surface area contributed by atoms with Crippen molar-refractivity contribution in [2.75, 3.05) is 19.6 Å². The summed E-state index contributed by atoms with van der Waals surface area (Å²) in [6.07, 6.45) is 5.25. The molecule has 2 aliphatic heterocycles. The maximum Gasteiger partial charge on any atom is 0.282 e. The number of alkyl halides is 2. The van der Waals surface area contributed by atoms with Crippen molar-refractivity contribution in [3.8, 4) is 0 Å². The van der Waals surface area contributed by atoms with Gasteiger partial charge in [-0.25, -0.2) is 8.78 Å². The largest absolute Gasteiger partial charge is 0.329 e. The van der Waals surface area contributed by atoms with Crippen LogP contribution >= 0.6 is 0 Å². The van der Waals surface area contributed by atoms with Crippen LogP contribution in [0.25, 0.3) is 0 Å². The molecule has 3 aliphatic rings. The van der Waals surface area contributed by atoms with Crippen LogP contribution in [0.4, 0.5) is 8.78 Å². The Morgan fingerprint density at radius 1 is 1.33 bits per heavy atom. The van der Waals surface area contributed by atoms with Gasteiger partial charge in [0.1, 0.15) is 6.04 Å². The van der Waals surface area contributed by atoms with Crippen LogP contribution in [0.3, 0.4) is 0 Å². The van der Waals surface area contributed by atoms with Crippen molar-refractivity contribution >= 4 is 5.91 Å². The summed E-state index contributed by atoms with van der Waals surface area (Å²) in [5, 5.41) is 4.23. The molecule has 114 valence electrons. The second-order valence-corrected chi connectivity index (χ2v) is 6.35. The van der Waals surface area contributed by atoms with E-state index in [9.17, 15) is 13.6 Å². The molecule has 1 aromatic rings. The Hall–Kier alpha value is -1.50. The lowest BCUT2D eigenvalue weighted by Gasteiger charge is -2.45. The average molecular weight is 296 g/mol. The summed E-state index contributed by atoms with van der Waals surface area (Å²) in [4.78, 5) is 16.1. The fraction of sp³-hybridized carbons (Fsp3) is 0.714. The number of likely N-dealkylation sites (tertiary alicyclic amines) is 1. The van der Waals surface area contributed by atoms with Crippen molar-refractivity contribution in [3.63, 3.8) is 0 Å². The van der Waals surface area contributed by atoms with Crippen LogP contribution in [0.15, 0.2) is 12.3 Å². The van der Waals surface area contributed by atoms with Crippen molar-refractivity contribution in [2.45, 2.75) is 43.8 Å². The number of hydrogen-bond acceptors (Lipinski definition) is 3. The lowest BCUT2D eigenvalue weighted by Crippen LogP contribution is -2.61. The highest BCUT2D eigenvalue weighted by atomic mass is 19.3. The minimum Gasteiger partial charge on any atom is -0.329 e. The molecule has 0 radical (unpaired) electrons. The molecule has 1 amide bonds. The zero-order valence-electron chi connectivity index (χ0n) is 11.7. The van der Waals surface area contributed by atoms with Gasteiger partial charge in [-0.2, -0.15) is 5.10 Å². The molecule has 2 fully saturated rings. The third-order valence-corrected chi connectivity index (χ3v) is 4.85. The van der Waals surface area contributed by atoms with E-state index in [4.69, 9.17) is 0 Å². The van der Waals surface area contributed by atoms with E-state index in [-0.39, 0.29) is 5.91 Å². The van der Waals surface area contributed by atoms with Gasteiger partial charge >= 0.3 is 0 Å². The van der Waals surface area contributed by atoms with Crippen molar-refractivity contribution in [3.05, 3.63) is 18.0 Å². The molecule has 7 heteroatoms. The van der Waals surface area contributed by atoms with Crippen LogP contribution in [0.5, 0.6) is 0 Å². The number of amides is 1. The second kappa shape index (κ2) is 4.50. The highest BCUT2D eigenvalue weighted by Crippen LogP contribution is 2.34. The zero-order valence-corrected chi connectivity index (χ0v) is 11.7. The van der Waals surface area contributed by atoms with Crippen molar-refractivity contribution in [2.24, 2.45) is 0 Å². The molecule has 1 atom stereocenters. The predicted molar refractivity (Wildman–Crippen MR) is 70.8 cm³/mol. The molecule has 5 nitrogen and oxygen atoms in total. The molecule has 3 heterocycles. The number of aromatic nitrogens is 2. The molecule has 1 aromatic heterocycles. The first-order valence-electron chi connectivity index (χ1n) is 7.46. The van der Waals surface area contributed by atoms with Crippen LogP contribution in [0.2, 0.25) is 0 Å². The Balaban J connectivity index is 1.54. The summed E-state index contributed by atoms with van der Waals surface area (Å²) >= 11 is 0. The van der Waals surface area contributed by atoms with Crippen LogP contribution in [0.1, 0.15) is 31.0 Å². The van der Waals surface area contributed by atoms with Crippen LogP contribution < -0.4 is 0 Å². The number of carbonyl (C=O) groups is 1. The Labute approximate surface area is 121 Å². The van der Waals surface area contributed by atoms with E-state index >= 15 is 0 Å². The minimum atomic E-state index is -2.72. The number of rotatable bonds is 2. The van der Waals surface area contributed by atoms with Gasteiger partial charge in [0.25, 0.3) is 5.92 Å². The van der Waals surface area contributed by atoms with E-state index in [1.165, 1.54) is 11.3 Å². The fourth-order valence-corrected chi connectivity index (χ4v) is 3.41. The van der Waals surface area contributed by atoms with Crippen molar-refractivity contribution in [1.82, 2.24) is 19.6 Å².